The molecule has 1 aromatic carbocycles. The molecule has 0 bridgehead atoms. The molecule has 0 amide bonds. The van der Waals surface area contributed by atoms with Crippen molar-refractivity contribution in [3.63, 3.8) is 0 Å². The van der Waals surface area contributed by atoms with E-state index in [2.05, 4.69) is 47.3 Å². The fraction of sp³-hybridized carbons (Fsp3) is 0.320. The number of rotatable bonds is 3. The predicted octanol–water partition coefficient (Wildman–Crippen LogP) is 6.27. The molecule has 3 heterocycles. The third-order valence-corrected chi connectivity index (χ3v) is 6.82. The summed E-state index contributed by atoms with van der Waals surface area (Å²) >= 11 is 6.35. The van der Waals surface area contributed by atoms with Crippen molar-refractivity contribution in [2.24, 2.45) is 5.92 Å². The lowest BCUT2D eigenvalue weighted by atomic mass is 9.91. The summed E-state index contributed by atoms with van der Waals surface area (Å²) in [5.41, 5.74) is 8.14. The molecule has 2 atom stereocenters. The zero-order chi connectivity index (χ0) is 20.8. The number of nitrogens with one attached hydrogen (secondary N) is 1. The molecule has 5 rings (SSSR count). The van der Waals surface area contributed by atoms with Gasteiger partial charge in [-0.2, -0.15) is 0 Å². The van der Waals surface area contributed by atoms with Gasteiger partial charge in [-0.05, 0) is 80.0 Å². The van der Waals surface area contributed by atoms with Crippen molar-refractivity contribution < 1.29 is 0 Å². The van der Waals surface area contributed by atoms with Gasteiger partial charge in [0.25, 0.3) is 0 Å². The largest absolute Gasteiger partial charge is 0.361 e. The minimum atomic E-state index is 0.202. The monoisotopic (exact) mass is 417 g/mol. The second-order valence-electron chi connectivity index (χ2n) is 8.53. The third-order valence-electron chi connectivity index (χ3n) is 6.41. The highest BCUT2D eigenvalue weighted by atomic mass is 35.5. The number of hydrogen-bond donors (Lipinski definition) is 1. The van der Waals surface area contributed by atoms with Gasteiger partial charge in [0.2, 0.25) is 0 Å². The minimum absolute atomic E-state index is 0.202. The molecular weight excluding hydrogens is 392 g/mol. The predicted molar refractivity (Wildman–Crippen MR) is 123 cm³/mol. The number of nitrogens with zero attached hydrogens (tertiary/aromatic N) is 3. The summed E-state index contributed by atoms with van der Waals surface area (Å²) in [7, 11) is 0. The second kappa shape index (κ2) is 7.59. The number of halogens is 1. The number of H-pyrrole nitrogens is 1. The van der Waals surface area contributed by atoms with Crippen LogP contribution in [0.15, 0.2) is 54.0 Å². The van der Waals surface area contributed by atoms with Crippen LogP contribution in [0.2, 0.25) is 5.02 Å². The molecule has 30 heavy (non-hydrogen) atoms. The van der Waals surface area contributed by atoms with Gasteiger partial charge in [0.05, 0.1) is 17.1 Å². The van der Waals surface area contributed by atoms with Gasteiger partial charge >= 0.3 is 0 Å². The van der Waals surface area contributed by atoms with E-state index in [9.17, 15) is 0 Å². The van der Waals surface area contributed by atoms with Crippen LogP contribution in [-0.4, -0.2) is 26.4 Å². The highest BCUT2D eigenvalue weighted by Gasteiger charge is 2.37. The Labute approximate surface area is 182 Å². The molecule has 0 saturated carbocycles. The van der Waals surface area contributed by atoms with E-state index in [0.717, 1.165) is 46.8 Å². The van der Waals surface area contributed by atoms with Crippen molar-refractivity contribution >= 4 is 28.2 Å². The van der Waals surface area contributed by atoms with E-state index in [1.165, 1.54) is 22.4 Å². The minimum Gasteiger partial charge on any atom is -0.361 e. The van der Waals surface area contributed by atoms with E-state index in [1.54, 1.807) is 0 Å². The first-order valence-electron chi connectivity index (χ1n) is 10.6. The van der Waals surface area contributed by atoms with Crippen molar-refractivity contribution in [1.29, 1.82) is 0 Å². The van der Waals surface area contributed by atoms with Gasteiger partial charge in [0.15, 0.2) is 0 Å². The summed E-state index contributed by atoms with van der Waals surface area (Å²) < 4.78 is 0. The van der Waals surface area contributed by atoms with E-state index in [4.69, 9.17) is 16.6 Å². The van der Waals surface area contributed by atoms with Crippen LogP contribution in [0.4, 0.5) is 0 Å². The molecule has 2 aliphatic rings. The zero-order valence-corrected chi connectivity index (χ0v) is 18.4. The highest BCUT2D eigenvalue weighted by Crippen LogP contribution is 2.43. The number of pyridine rings is 1. The lowest BCUT2D eigenvalue weighted by molar-refractivity contribution is 0.292. The first-order valence-corrected chi connectivity index (χ1v) is 11.0. The number of imidazole rings is 1. The molecule has 3 aromatic rings. The van der Waals surface area contributed by atoms with Gasteiger partial charge in [-0.15, -0.1) is 0 Å². The maximum Gasteiger partial charge on any atom is 0.130 e. The number of aromatic nitrogens is 3. The van der Waals surface area contributed by atoms with Crippen molar-refractivity contribution in [1.82, 2.24) is 19.9 Å². The van der Waals surface area contributed by atoms with Crippen molar-refractivity contribution in [2.75, 3.05) is 6.54 Å². The van der Waals surface area contributed by atoms with Crippen molar-refractivity contribution in [2.45, 2.75) is 39.7 Å². The number of benzene rings is 1. The number of fused-ring (bicyclic) bond motifs is 1. The van der Waals surface area contributed by atoms with Crippen LogP contribution in [0, 0.1) is 19.3 Å². The average Bonchev–Trinajstić information content (AvgIpc) is 3.35. The van der Waals surface area contributed by atoms with Crippen LogP contribution in [0.5, 0.6) is 0 Å². The summed E-state index contributed by atoms with van der Waals surface area (Å²) in [5.74, 6) is 1.52. The number of likely N-dealkylation sites (tertiary alicyclic amines) is 1. The first-order chi connectivity index (χ1) is 14.5. The summed E-state index contributed by atoms with van der Waals surface area (Å²) in [6, 6.07) is 8.34. The van der Waals surface area contributed by atoms with Crippen LogP contribution in [-0.2, 0) is 0 Å². The van der Waals surface area contributed by atoms with E-state index in [0.29, 0.717) is 5.92 Å². The van der Waals surface area contributed by atoms with Crippen LogP contribution in [0.25, 0.3) is 16.6 Å². The van der Waals surface area contributed by atoms with E-state index in [1.807, 2.05) is 37.5 Å². The molecule has 2 aromatic heterocycles. The molecule has 153 valence electrons. The van der Waals surface area contributed by atoms with E-state index in [-0.39, 0.29) is 6.04 Å². The number of aromatic amines is 1. The third kappa shape index (κ3) is 3.24. The molecule has 1 aliphatic heterocycles. The van der Waals surface area contributed by atoms with Gasteiger partial charge in [-0.25, -0.2) is 4.98 Å². The highest BCUT2D eigenvalue weighted by molar-refractivity contribution is 6.32. The average molecular weight is 418 g/mol. The SMILES string of the molecule is CC1=CC(N2CC[C@H](C)[C@H]2c2nc3c(C)c(Cl)ccc3[nH]2)=C(c2cccnc2)[CH]C1. The smallest absolute Gasteiger partial charge is 0.130 e. The Kier molecular flexibility index (Phi) is 4.90. The van der Waals surface area contributed by atoms with Crippen molar-refractivity contribution in [3.05, 3.63) is 82.4 Å². The number of hydrogen-bond acceptors (Lipinski definition) is 3. The van der Waals surface area contributed by atoms with Gasteiger partial charge in [-0.3, -0.25) is 4.98 Å². The lowest BCUT2D eigenvalue weighted by Crippen LogP contribution is -2.27. The molecule has 4 nitrogen and oxygen atoms in total. The topological polar surface area (TPSA) is 44.8 Å². The molecule has 1 saturated heterocycles. The fourth-order valence-electron chi connectivity index (χ4n) is 4.74. The van der Waals surface area contributed by atoms with Gasteiger partial charge in [0, 0.05) is 29.7 Å². The standard InChI is InChI=1S/C25H26ClN4/c1-15-6-7-19(18-5-4-11-27-14-18)22(13-15)30-12-10-16(2)24(30)25-28-21-9-8-20(26)17(3)23(21)29-25/h4-5,7-9,11,13-14,16,24H,6,10,12H2,1-3H3,(H,28,29)/t16-,24-/m0/s1. The Bertz CT molecular complexity index is 1160. The van der Waals surface area contributed by atoms with Gasteiger partial charge in [-0.1, -0.05) is 30.2 Å². The normalized spacial score (nSPS) is 22.1. The molecule has 5 heteroatoms. The van der Waals surface area contributed by atoms with Gasteiger partial charge < -0.3 is 9.88 Å². The first kappa shape index (κ1) is 19.4. The summed E-state index contributed by atoms with van der Waals surface area (Å²) in [5, 5.41) is 0.763. The Hall–Kier alpha value is -2.59. The number of aryl methyl sites for hydroxylation is 1. The Morgan fingerprint density at radius 3 is 2.87 bits per heavy atom. The molecular formula is C25H26ClN4. The quantitative estimate of drug-likeness (QED) is 0.546. The van der Waals surface area contributed by atoms with E-state index < -0.39 is 0 Å². The number of allylic oxidation sites excluding steroid dienone is 3. The Morgan fingerprint density at radius 1 is 1.20 bits per heavy atom. The molecule has 0 unspecified atom stereocenters. The van der Waals surface area contributed by atoms with Crippen LogP contribution in [0.1, 0.15) is 49.7 Å². The molecule has 1 fully saturated rings. The molecule has 1 N–H and O–H groups in total. The van der Waals surface area contributed by atoms with Crippen LogP contribution in [0.3, 0.4) is 0 Å². The molecule has 0 spiro atoms. The zero-order valence-electron chi connectivity index (χ0n) is 17.6. The van der Waals surface area contributed by atoms with Crippen LogP contribution < -0.4 is 0 Å². The maximum atomic E-state index is 6.35. The fourth-order valence-corrected chi connectivity index (χ4v) is 4.90. The van der Waals surface area contributed by atoms with Crippen molar-refractivity contribution in [3.8, 4) is 0 Å². The molecule has 1 aliphatic carbocycles. The summed E-state index contributed by atoms with van der Waals surface area (Å²) in [6.07, 6.45) is 10.6. The molecule has 1 radical (unpaired) electrons. The summed E-state index contributed by atoms with van der Waals surface area (Å²) in [6.45, 7) is 7.58. The Balaban J connectivity index is 1.63. The second-order valence-corrected chi connectivity index (χ2v) is 8.94. The Morgan fingerprint density at radius 2 is 2.07 bits per heavy atom. The van der Waals surface area contributed by atoms with Crippen LogP contribution >= 0.6 is 11.6 Å². The van der Waals surface area contributed by atoms with E-state index >= 15 is 0 Å². The summed E-state index contributed by atoms with van der Waals surface area (Å²) in [4.78, 5) is 15.5. The maximum absolute atomic E-state index is 6.35. The lowest BCUT2D eigenvalue weighted by Gasteiger charge is -2.32. The van der Waals surface area contributed by atoms with Gasteiger partial charge in [0.1, 0.15) is 5.82 Å².